The molecule has 0 saturated carbocycles. The Kier molecular flexibility index (Phi) is 4.28. The first-order chi connectivity index (χ1) is 13.7. The van der Waals surface area contributed by atoms with Crippen LogP contribution in [0.2, 0.25) is 0 Å². The van der Waals surface area contributed by atoms with Gasteiger partial charge >= 0.3 is 0 Å². The summed E-state index contributed by atoms with van der Waals surface area (Å²) in [7, 11) is 0. The van der Waals surface area contributed by atoms with Crippen LogP contribution < -0.4 is 5.43 Å². The summed E-state index contributed by atoms with van der Waals surface area (Å²) in [6.07, 6.45) is 6.50. The average Bonchev–Trinajstić information content (AvgIpc) is 3.31. The van der Waals surface area contributed by atoms with Gasteiger partial charge in [0.15, 0.2) is 0 Å². The second kappa shape index (κ2) is 6.95. The van der Waals surface area contributed by atoms with E-state index in [9.17, 15) is 4.79 Å². The van der Waals surface area contributed by atoms with E-state index in [1.54, 1.807) is 18.4 Å². The Morgan fingerprint density at radius 2 is 2.29 bits per heavy atom. The van der Waals surface area contributed by atoms with Crippen molar-refractivity contribution in [3.63, 3.8) is 0 Å². The molecule has 0 radical (unpaired) electrons. The smallest absolute Gasteiger partial charge is 0.254 e. The van der Waals surface area contributed by atoms with Crippen molar-refractivity contribution in [2.75, 3.05) is 13.1 Å². The van der Waals surface area contributed by atoms with Gasteiger partial charge in [-0.15, -0.1) is 0 Å². The first kappa shape index (κ1) is 17.3. The number of aryl methyl sites for hydroxylation is 2. The number of nitrogens with one attached hydrogen (secondary N) is 1. The van der Waals surface area contributed by atoms with E-state index in [-0.39, 0.29) is 5.91 Å². The number of carbonyl (C=O) groups excluding carboxylic acids is 1. The molecule has 3 heterocycles. The molecule has 6 nitrogen and oxygen atoms in total. The van der Waals surface area contributed by atoms with E-state index in [2.05, 4.69) is 45.1 Å². The molecule has 6 heteroatoms. The molecular formula is C22H24N4O2. The van der Waals surface area contributed by atoms with Gasteiger partial charge in [0.05, 0.1) is 25.1 Å². The minimum absolute atomic E-state index is 0.0877. The number of hydrogen-bond donors (Lipinski definition) is 1. The number of nitrogens with zero attached hydrogens (tertiary/aromatic N) is 3. The van der Waals surface area contributed by atoms with E-state index in [1.165, 1.54) is 40.4 Å². The topological polar surface area (TPSA) is 62.8 Å². The van der Waals surface area contributed by atoms with Crippen molar-refractivity contribution in [1.82, 2.24) is 14.9 Å². The van der Waals surface area contributed by atoms with Gasteiger partial charge in [-0.1, -0.05) is 11.6 Å². The van der Waals surface area contributed by atoms with Crippen LogP contribution >= 0.6 is 0 Å². The zero-order valence-electron chi connectivity index (χ0n) is 16.0. The summed E-state index contributed by atoms with van der Waals surface area (Å²) in [4.78, 5) is 14.7. The fraction of sp³-hybridized carbons (Fsp3) is 0.364. The Balaban J connectivity index is 1.36. The Morgan fingerprint density at radius 1 is 1.36 bits per heavy atom. The third kappa shape index (κ3) is 2.94. The van der Waals surface area contributed by atoms with Crippen molar-refractivity contribution in [2.24, 2.45) is 5.10 Å². The highest BCUT2D eigenvalue weighted by Crippen LogP contribution is 2.42. The molecule has 5 rings (SSSR count). The molecule has 144 valence electrons. The molecule has 28 heavy (non-hydrogen) atoms. The monoisotopic (exact) mass is 376 g/mol. The molecule has 1 N–H and O–H groups in total. The van der Waals surface area contributed by atoms with E-state index in [0.29, 0.717) is 18.3 Å². The molecule has 2 aliphatic rings. The summed E-state index contributed by atoms with van der Waals surface area (Å²) in [5, 5.41) is 5.40. The highest BCUT2D eigenvalue weighted by atomic mass is 16.3. The summed E-state index contributed by atoms with van der Waals surface area (Å²) < 4.78 is 7.67. The van der Waals surface area contributed by atoms with Gasteiger partial charge in [-0.2, -0.15) is 5.10 Å². The molecule has 2 aromatic heterocycles. The van der Waals surface area contributed by atoms with Crippen molar-refractivity contribution >= 4 is 23.0 Å². The quantitative estimate of drug-likeness (QED) is 0.561. The van der Waals surface area contributed by atoms with Crippen LogP contribution in [-0.2, 0) is 17.8 Å². The van der Waals surface area contributed by atoms with Crippen LogP contribution in [0.25, 0.3) is 10.9 Å². The second-order valence-electron chi connectivity index (χ2n) is 7.72. The third-order valence-corrected chi connectivity index (χ3v) is 5.91. The Hall–Kier alpha value is -2.86. The molecular weight excluding hydrogens is 352 g/mol. The number of hydrazone groups is 1. The van der Waals surface area contributed by atoms with Gasteiger partial charge in [0, 0.05) is 29.7 Å². The van der Waals surface area contributed by atoms with Crippen molar-refractivity contribution in [3.8, 4) is 0 Å². The number of carbonyl (C=O) groups is 1. The van der Waals surface area contributed by atoms with Crippen LogP contribution in [-0.4, -0.2) is 34.7 Å². The van der Waals surface area contributed by atoms with Crippen molar-refractivity contribution in [1.29, 1.82) is 0 Å². The Labute approximate surface area is 163 Å². The van der Waals surface area contributed by atoms with Gasteiger partial charge < -0.3 is 8.98 Å². The summed E-state index contributed by atoms with van der Waals surface area (Å²) >= 11 is 0. The Morgan fingerprint density at radius 3 is 3.14 bits per heavy atom. The highest BCUT2D eigenvalue weighted by molar-refractivity contribution is 5.87. The van der Waals surface area contributed by atoms with Gasteiger partial charge in [-0.05, 0) is 56.0 Å². The molecule has 3 aromatic rings. The maximum Gasteiger partial charge on any atom is 0.254 e. The SMILES string of the molecule is Cc1ccc2c(c1)c1c3n2CCN(CC(=O)N/N=C\c2ccco2)[C@H]3CCC1. The number of rotatable bonds is 4. The largest absolute Gasteiger partial charge is 0.463 e. The van der Waals surface area contributed by atoms with E-state index < -0.39 is 0 Å². The number of aromatic nitrogens is 1. The van der Waals surface area contributed by atoms with Crippen LogP contribution in [0.3, 0.4) is 0 Å². The molecule has 1 aliphatic heterocycles. The lowest BCUT2D eigenvalue weighted by Gasteiger charge is -2.39. The summed E-state index contributed by atoms with van der Waals surface area (Å²) in [5.74, 6) is 0.533. The second-order valence-corrected chi connectivity index (χ2v) is 7.72. The van der Waals surface area contributed by atoms with Crippen LogP contribution in [0.4, 0.5) is 0 Å². The van der Waals surface area contributed by atoms with Crippen LogP contribution in [0.5, 0.6) is 0 Å². The molecule has 1 amide bonds. The van der Waals surface area contributed by atoms with Crippen LogP contribution in [0, 0.1) is 6.92 Å². The normalized spacial score (nSPS) is 19.2. The maximum absolute atomic E-state index is 12.4. The number of benzene rings is 1. The van der Waals surface area contributed by atoms with Crippen molar-refractivity contribution in [3.05, 3.63) is 59.2 Å². The van der Waals surface area contributed by atoms with E-state index in [0.717, 1.165) is 25.9 Å². The summed E-state index contributed by atoms with van der Waals surface area (Å²) in [6, 6.07) is 10.7. The van der Waals surface area contributed by atoms with Crippen LogP contribution in [0.1, 0.15) is 41.5 Å². The first-order valence-corrected chi connectivity index (χ1v) is 9.92. The Bertz CT molecular complexity index is 1050. The molecule has 0 saturated heterocycles. The van der Waals surface area contributed by atoms with Crippen LogP contribution in [0.15, 0.2) is 46.1 Å². The lowest BCUT2D eigenvalue weighted by atomic mass is 9.89. The van der Waals surface area contributed by atoms with Gasteiger partial charge in [0.1, 0.15) is 5.76 Å². The highest BCUT2D eigenvalue weighted by Gasteiger charge is 2.35. The minimum Gasteiger partial charge on any atom is -0.463 e. The van der Waals surface area contributed by atoms with Crippen molar-refractivity contribution < 1.29 is 9.21 Å². The standard InChI is InChI=1S/C22H24N4O2/c1-15-7-8-19-18(12-15)17-5-2-6-20-22(17)26(19)10-9-25(20)14-21(27)24-23-13-16-4-3-11-28-16/h3-4,7-8,11-13,20H,2,5-6,9-10,14H2,1H3,(H,24,27)/b23-13-/t20-/m0/s1. The van der Waals surface area contributed by atoms with E-state index in [1.807, 2.05) is 0 Å². The number of fused-ring (bicyclic) bond motifs is 3. The zero-order chi connectivity index (χ0) is 19.1. The number of hydrogen-bond acceptors (Lipinski definition) is 4. The van der Waals surface area contributed by atoms with Gasteiger partial charge in [-0.25, -0.2) is 5.43 Å². The number of furan rings is 1. The lowest BCUT2D eigenvalue weighted by Crippen LogP contribution is -2.44. The molecule has 1 atom stereocenters. The first-order valence-electron chi connectivity index (χ1n) is 9.92. The number of amides is 1. The molecule has 0 spiro atoms. The molecule has 1 aromatic carbocycles. The predicted octanol–water partition coefficient (Wildman–Crippen LogP) is 3.39. The average molecular weight is 376 g/mol. The molecule has 0 fully saturated rings. The molecule has 0 unspecified atom stereocenters. The van der Waals surface area contributed by atoms with Gasteiger partial charge in [-0.3, -0.25) is 9.69 Å². The van der Waals surface area contributed by atoms with Crippen molar-refractivity contribution in [2.45, 2.75) is 38.8 Å². The van der Waals surface area contributed by atoms with E-state index >= 15 is 0 Å². The third-order valence-electron chi connectivity index (χ3n) is 5.91. The predicted molar refractivity (Wildman–Crippen MR) is 108 cm³/mol. The summed E-state index contributed by atoms with van der Waals surface area (Å²) in [5.41, 5.74) is 8.18. The molecule has 1 aliphatic carbocycles. The van der Waals surface area contributed by atoms with Gasteiger partial charge in [0.2, 0.25) is 0 Å². The lowest BCUT2D eigenvalue weighted by molar-refractivity contribution is -0.123. The fourth-order valence-electron chi connectivity index (χ4n) is 4.73. The summed E-state index contributed by atoms with van der Waals surface area (Å²) in [6.45, 7) is 4.32. The fourth-order valence-corrected chi connectivity index (χ4v) is 4.73. The zero-order valence-corrected chi connectivity index (χ0v) is 16.0. The van der Waals surface area contributed by atoms with E-state index in [4.69, 9.17) is 4.42 Å². The maximum atomic E-state index is 12.4. The molecule has 0 bridgehead atoms. The minimum atomic E-state index is -0.0877. The van der Waals surface area contributed by atoms with Gasteiger partial charge in [0.25, 0.3) is 5.91 Å².